The maximum Gasteiger partial charge on any atom is 0.411 e. The van der Waals surface area contributed by atoms with Gasteiger partial charge in [0.1, 0.15) is 11.3 Å². The first-order valence-electron chi connectivity index (χ1n) is 10.8. The Labute approximate surface area is 194 Å². The van der Waals surface area contributed by atoms with Crippen molar-refractivity contribution in [3.8, 4) is 11.6 Å². The molecule has 2 heterocycles. The molecule has 1 aromatic carbocycles. The lowest BCUT2D eigenvalue weighted by atomic mass is 9.76. The van der Waals surface area contributed by atoms with Crippen LogP contribution in [0.2, 0.25) is 0 Å². The highest BCUT2D eigenvalue weighted by Gasteiger charge is 2.50. The Kier molecular flexibility index (Phi) is 5.92. The number of aryl methyl sites for hydroxylation is 1. The van der Waals surface area contributed by atoms with Crippen molar-refractivity contribution < 1.29 is 27.8 Å². The summed E-state index contributed by atoms with van der Waals surface area (Å²) in [6, 6.07) is 5.18. The van der Waals surface area contributed by atoms with Crippen molar-refractivity contribution in [2.45, 2.75) is 64.0 Å². The Morgan fingerprint density at radius 3 is 2.59 bits per heavy atom. The van der Waals surface area contributed by atoms with E-state index in [9.17, 15) is 18.7 Å². The fraction of sp³-hybridized carbons (Fsp3) is 0.478. The third kappa shape index (κ3) is 4.52. The molecule has 1 saturated carbocycles. The van der Waals surface area contributed by atoms with Gasteiger partial charge in [-0.25, -0.2) is 18.6 Å². The summed E-state index contributed by atoms with van der Waals surface area (Å²) in [5.74, 6) is 0.174. The second-order valence-electron chi connectivity index (χ2n) is 9.68. The Balaban J connectivity index is 1.66. The van der Waals surface area contributed by atoms with Crippen LogP contribution in [0.5, 0.6) is 0 Å². The highest BCUT2D eigenvalue weighted by molar-refractivity contribution is 5.94. The van der Waals surface area contributed by atoms with Gasteiger partial charge in [-0.2, -0.15) is 0 Å². The minimum atomic E-state index is -2.80. The number of rotatable bonds is 5. The number of methoxy groups -OCH3 is 1. The van der Waals surface area contributed by atoms with Crippen LogP contribution < -0.4 is 10.6 Å². The summed E-state index contributed by atoms with van der Waals surface area (Å²) >= 11 is 0. The Bertz CT molecular complexity index is 1230. The van der Waals surface area contributed by atoms with Crippen LogP contribution in [-0.2, 0) is 10.2 Å². The number of aromatic nitrogens is 3. The molecule has 1 fully saturated rings. The summed E-state index contributed by atoms with van der Waals surface area (Å²) in [7, 11) is 1.30. The number of amides is 1. The van der Waals surface area contributed by atoms with E-state index in [0.29, 0.717) is 11.4 Å². The SMILES string of the molecule is COC(=O)Nc1cc(C(C)(C)C)c2nc(-c3nnc(NC4CC(O)(C(F)F)C4)o3)cc(C)c2c1. The van der Waals surface area contributed by atoms with Crippen LogP contribution in [0.1, 0.15) is 44.7 Å². The number of carbonyl (C=O) groups is 1. The van der Waals surface area contributed by atoms with Crippen LogP contribution in [0.25, 0.3) is 22.5 Å². The number of pyridine rings is 1. The maximum absolute atomic E-state index is 12.8. The van der Waals surface area contributed by atoms with Crippen molar-refractivity contribution in [3.63, 3.8) is 0 Å². The quantitative estimate of drug-likeness (QED) is 0.488. The van der Waals surface area contributed by atoms with Gasteiger partial charge in [0, 0.05) is 30.0 Å². The predicted molar refractivity (Wildman–Crippen MR) is 122 cm³/mol. The molecule has 0 atom stereocenters. The van der Waals surface area contributed by atoms with Gasteiger partial charge in [-0.1, -0.05) is 25.9 Å². The molecule has 1 amide bonds. The summed E-state index contributed by atoms with van der Waals surface area (Å²) in [4.78, 5) is 16.5. The number of alkyl halides is 2. The van der Waals surface area contributed by atoms with Crippen molar-refractivity contribution in [2.75, 3.05) is 17.7 Å². The number of halogens is 2. The molecule has 0 bridgehead atoms. The monoisotopic (exact) mass is 475 g/mol. The Morgan fingerprint density at radius 2 is 1.97 bits per heavy atom. The molecule has 0 unspecified atom stereocenters. The molecule has 0 radical (unpaired) electrons. The maximum atomic E-state index is 12.8. The van der Waals surface area contributed by atoms with Gasteiger partial charge in [0.25, 0.3) is 12.3 Å². The fourth-order valence-corrected chi connectivity index (χ4v) is 4.05. The normalized spacial score (nSPS) is 20.3. The number of aliphatic hydroxyl groups is 1. The zero-order chi connectivity index (χ0) is 24.8. The van der Waals surface area contributed by atoms with Crippen molar-refractivity contribution in [1.82, 2.24) is 15.2 Å². The van der Waals surface area contributed by atoms with Gasteiger partial charge in [-0.05, 0) is 41.7 Å². The summed E-state index contributed by atoms with van der Waals surface area (Å²) in [6.07, 6.45) is -3.57. The average molecular weight is 475 g/mol. The van der Waals surface area contributed by atoms with Crippen LogP contribution in [0.3, 0.4) is 0 Å². The number of hydrogen-bond donors (Lipinski definition) is 3. The molecule has 11 heteroatoms. The summed E-state index contributed by atoms with van der Waals surface area (Å²) in [5.41, 5.74) is 1.30. The van der Waals surface area contributed by atoms with Crippen molar-refractivity contribution >= 4 is 28.7 Å². The highest BCUT2D eigenvalue weighted by Crippen LogP contribution is 2.39. The molecule has 0 aliphatic heterocycles. The first-order valence-corrected chi connectivity index (χ1v) is 10.8. The van der Waals surface area contributed by atoms with Crippen LogP contribution >= 0.6 is 0 Å². The van der Waals surface area contributed by atoms with Gasteiger partial charge in [0.05, 0.1) is 12.6 Å². The van der Waals surface area contributed by atoms with Crippen molar-refractivity contribution in [3.05, 3.63) is 29.3 Å². The van der Waals surface area contributed by atoms with Crippen molar-refractivity contribution in [1.29, 1.82) is 0 Å². The fourth-order valence-electron chi connectivity index (χ4n) is 4.05. The Morgan fingerprint density at radius 1 is 1.26 bits per heavy atom. The van der Waals surface area contributed by atoms with Crippen LogP contribution in [-0.4, -0.2) is 51.6 Å². The summed E-state index contributed by atoms with van der Waals surface area (Å²) in [5, 5.41) is 24.2. The minimum Gasteiger partial charge on any atom is -0.453 e. The zero-order valence-electron chi connectivity index (χ0n) is 19.6. The van der Waals surface area contributed by atoms with Crippen LogP contribution in [0.15, 0.2) is 22.6 Å². The van der Waals surface area contributed by atoms with E-state index in [1.807, 2.05) is 39.8 Å². The Hall–Kier alpha value is -3.34. The van der Waals surface area contributed by atoms with E-state index in [2.05, 4.69) is 20.8 Å². The van der Waals surface area contributed by atoms with E-state index < -0.39 is 18.1 Å². The standard InChI is InChI=1S/C23H27F2N5O4/c1-11-6-16(18-29-30-20(34-18)26-13-9-23(32,10-13)19(24)25)28-17-14(11)7-12(27-21(31)33-5)8-15(17)22(2,3)4/h6-8,13,19,32H,9-10H2,1-5H3,(H,26,30)(H,27,31). The molecule has 34 heavy (non-hydrogen) atoms. The van der Waals surface area contributed by atoms with Crippen molar-refractivity contribution in [2.24, 2.45) is 0 Å². The van der Waals surface area contributed by atoms with Gasteiger partial charge in [-0.15, -0.1) is 5.10 Å². The largest absolute Gasteiger partial charge is 0.453 e. The molecule has 0 spiro atoms. The number of hydrogen-bond acceptors (Lipinski definition) is 8. The number of ether oxygens (including phenoxy) is 1. The van der Waals surface area contributed by atoms with E-state index in [1.165, 1.54) is 7.11 Å². The second-order valence-corrected chi connectivity index (χ2v) is 9.68. The molecule has 9 nitrogen and oxygen atoms in total. The smallest absolute Gasteiger partial charge is 0.411 e. The summed E-state index contributed by atoms with van der Waals surface area (Å²) in [6.45, 7) is 8.04. The van der Waals surface area contributed by atoms with Gasteiger partial charge >= 0.3 is 12.1 Å². The number of carbonyl (C=O) groups excluding carboxylic acids is 1. The van der Waals surface area contributed by atoms with E-state index in [0.717, 1.165) is 22.0 Å². The molecule has 3 aromatic rings. The summed E-state index contributed by atoms with van der Waals surface area (Å²) < 4.78 is 36.0. The topological polar surface area (TPSA) is 122 Å². The first-order chi connectivity index (χ1) is 15.9. The molecule has 4 rings (SSSR count). The lowest BCUT2D eigenvalue weighted by Gasteiger charge is -2.42. The van der Waals surface area contributed by atoms with E-state index in [4.69, 9.17) is 14.1 Å². The number of anilines is 2. The lowest BCUT2D eigenvalue weighted by molar-refractivity contribution is -0.148. The molecule has 0 saturated heterocycles. The molecule has 2 aromatic heterocycles. The third-order valence-corrected chi connectivity index (χ3v) is 5.94. The van der Waals surface area contributed by atoms with Crippen LogP contribution in [0.4, 0.5) is 25.3 Å². The highest BCUT2D eigenvalue weighted by atomic mass is 19.3. The molecule has 182 valence electrons. The first kappa shape index (κ1) is 23.8. The van der Waals surface area contributed by atoms with E-state index in [1.54, 1.807) is 6.07 Å². The molecule has 1 aliphatic carbocycles. The number of nitrogens with one attached hydrogen (secondary N) is 2. The number of nitrogens with zero attached hydrogens (tertiary/aromatic N) is 3. The van der Waals surface area contributed by atoms with Gasteiger partial charge in [-0.3, -0.25) is 5.32 Å². The molecule has 1 aliphatic rings. The second kappa shape index (κ2) is 8.46. The average Bonchev–Trinajstić information content (AvgIpc) is 3.20. The zero-order valence-corrected chi connectivity index (χ0v) is 19.6. The van der Waals surface area contributed by atoms with E-state index in [-0.39, 0.29) is 36.2 Å². The van der Waals surface area contributed by atoms with Crippen LogP contribution in [0, 0.1) is 6.92 Å². The lowest BCUT2D eigenvalue weighted by Crippen LogP contribution is -2.55. The van der Waals surface area contributed by atoms with Gasteiger partial charge in [0.2, 0.25) is 0 Å². The van der Waals surface area contributed by atoms with Gasteiger partial charge < -0.3 is 19.6 Å². The number of benzene rings is 1. The van der Waals surface area contributed by atoms with Gasteiger partial charge in [0.15, 0.2) is 0 Å². The third-order valence-electron chi connectivity index (χ3n) is 5.94. The molecular formula is C23H27F2N5O4. The number of fused-ring (bicyclic) bond motifs is 1. The minimum absolute atomic E-state index is 0.0736. The van der Waals surface area contributed by atoms with E-state index >= 15 is 0 Å². The molecular weight excluding hydrogens is 448 g/mol. The predicted octanol–water partition coefficient (Wildman–Crippen LogP) is 4.64. The molecule has 3 N–H and O–H groups in total.